The number of aryl methyl sites for hydroxylation is 2. The van der Waals surface area contributed by atoms with E-state index in [0.717, 1.165) is 41.1 Å². The summed E-state index contributed by atoms with van der Waals surface area (Å²) in [6.07, 6.45) is 3.86. The van der Waals surface area contributed by atoms with Crippen LogP contribution in [0.2, 0.25) is 0 Å². The molecular formula is C21H20N2O2. The van der Waals surface area contributed by atoms with Gasteiger partial charge in [0, 0.05) is 6.20 Å². The Bertz CT molecular complexity index is 1040. The molecule has 0 radical (unpaired) electrons. The van der Waals surface area contributed by atoms with Gasteiger partial charge in [-0.3, -0.25) is 0 Å². The van der Waals surface area contributed by atoms with E-state index in [-0.39, 0.29) is 0 Å². The number of para-hydroxylation sites is 2. The summed E-state index contributed by atoms with van der Waals surface area (Å²) in [7, 11) is 3.32. The minimum absolute atomic E-state index is 0.754. The van der Waals surface area contributed by atoms with Crippen molar-refractivity contribution in [2.24, 2.45) is 0 Å². The van der Waals surface area contributed by atoms with E-state index in [9.17, 15) is 0 Å². The van der Waals surface area contributed by atoms with E-state index in [1.807, 2.05) is 24.3 Å². The molecule has 0 fully saturated rings. The Morgan fingerprint density at radius 1 is 0.840 bits per heavy atom. The second-order valence-electron chi connectivity index (χ2n) is 6.00. The topological polar surface area (TPSA) is 35.8 Å². The predicted octanol–water partition coefficient (Wildman–Crippen LogP) is 4.29. The van der Waals surface area contributed by atoms with Crippen LogP contribution in [-0.2, 0) is 12.8 Å². The van der Waals surface area contributed by atoms with E-state index < -0.39 is 0 Å². The Labute approximate surface area is 146 Å². The molecule has 0 unspecified atom stereocenters. The largest absolute Gasteiger partial charge is 0.493 e. The summed E-state index contributed by atoms with van der Waals surface area (Å²) in [6.45, 7) is 0. The highest BCUT2D eigenvalue weighted by atomic mass is 16.5. The molecule has 2 heterocycles. The van der Waals surface area contributed by atoms with E-state index >= 15 is 0 Å². The van der Waals surface area contributed by atoms with Crippen molar-refractivity contribution in [2.75, 3.05) is 14.2 Å². The van der Waals surface area contributed by atoms with Gasteiger partial charge in [-0.15, -0.1) is 0 Å². The number of rotatable bonds is 5. The van der Waals surface area contributed by atoms with Crippen molar-refractivity contribution >= 4 is 16.6 Å². The van der Waals surface area contributed by atoms with Crippen LogP contribution in [0.5, 0.6) is 11.5 Å². The van der Waals surface area contributed by atoms with Crippen molar-refractivity contribution < 1.29 is 9.47 Å². The van der Waals surface area contributed by atoms with E-state index in [1.165, 1.54) is 11.1 Å². The molecule has 4 heteroatoms. The molecule has 0 atom stereocenters. The molecular weight excluding hydrogens is 312 g/mol. The fraction of sp³-hybridized carbons (Fsp3) is 0.190. The summed E-state index contributed by atoms with van der Waals surface area (Å²) in [5, 5.41) is 0. The Hall–Kier alpha value is -3.01. The fourth-order valence-electron chi connectivity index (χ4n) is 3.27. The molecule has 2 aromatic heterocycles. The van der Waals surface area contributed by atoms with Crippen molar-refractivity contribution in [3.8, 4) is 11.5 Å². The van der Waals surface area contributed by atoms with Crippen molar-refractivity contribution in [1.82, 2.24) is 9.38 Å². The average Bonchev–Trinajstić information content (AvgIpc) is 3.16. The lowest BCUT2D eigenvalue weighted by molar-refractivity contribution is 0.354. The molecule has 0 bridgehead atoms. The quantitative estimate of drug-likeness (QED) is 0.547. The second-order valence-corrected chi connectivity index (χ2v) is 6.00. The molecule has 0 N–H and O–H groups in total. The normalized spacial score (nSPS) is 11.1. The zero-order valence-electron chi connectivity index (χ0n) is 14.4. The van der Waals surface area contributed by atoms with E-state index in [2.05, 4.69) is 40.9 Å². The van der Waals surface area contributed by atoms with Crippen LogP contribution in [0.4, 0.5) is 0 Å². The van der Waals surface area contributed by atoms with Crippen LogP contribution in [-0.4, -0.2) is 23.6 Å². The molecule has 0 aliphatic rings. The maximum absolute atomic E-state index is 5.40. The highest BCUT2D eigenvalue weighted by Crippen LogP contribution is 2.28. The van der Waals surface area contributed by atoms with Crippen molar-refractivity contribution in [1.29, 1.82) is 0 Å². The lowest BCUT2D eigenvalue weighted by Gasteiger charge is -2.11. The third-order valence-electron chi connectivity index (χ3n) is 4.54. The van der Waals surface area contributed by atoms with Crippen LogP contribution < -0.4 is 9.47 Å². The van der Waals surface area contributed by atoms with Crippen molar-refractivity contribution in [2.45, 2.75) is 12.8 Å². The van der Waals surface area contributed by atoms with Gasteiger partial charge >= 0.3 is 0 Å². The zero-order chi connectivity index (χ0) is 17.2. The Morgan fingerprint density at radius 3 is 2.48 bits per heavy atom. The molecule has 4 aromatic rings. The summed E-state index contributed by atoms with van der Waals surface area (Å²) < 4.78 is 12.9. The van der Waals surface area contributed by atoms with Crippen LogP contribution in [0.3, 0.4) is 0 Å². The summed E-state index contributed by atoms with van der Waals surface area (Å²) in [5.74, 6) is 1.52. The molecule has 0 amide bonds. The molecule has 0 aliphatic heterocycles. The Morgan fingerprint density at radius 2 is 1.64 bits per heavy atom. The Kier molecular flexibility index (Phi) is 4.02. The zero-order valence-corrected chi connectivity index (χ0v) is 14.4. The number of ether oxygens (including phenoxy) is 2. The van der Waals surface area contributed by atoms with Crippen LogP contribution in [0.25, 0.3) is 16.6 Å². The van der Waals surface area contributed by atoms with Crippen LogP contribution >= 0.6 is 0 Å². The van der Waals surface area contributed by atoms with Gasteiger partial charge in [-0.05, 0) is 54.8 Å². The number of hydrogen-bond donors (Lipinski definition) is 0. The number of nitrogens with zero attached hydrogens (tertiary/aromatic N) is 2. The second kappa shape index (κ2) is 6.48. The van der Waals surface area contributed by atoms with Gasteiger partial charge < -0.3 is 13.9 Å². The van der Waals surface area contributed by atoms with Gasteiger partial charge in [-0.1, -0.05) is 18.2 Å². The minimum Gasteiger partial charge on any atom is -0.493 e. The van der Waals surface area contributed by atoms with Gasteiger partial charge in [0.25, 0.3) is 0 Å². The third-order valence-corrected chi connectivity index (χ3v) is 4.54. The number of aromatic nitrogens is 2. The lowest BCUT2D eigenvalue weighted by atomic mass is 10.1. The van der Waals surface area contributed by atoms with Crippen LogP contribution in [0.1, 0.15) is 11.3 Å². The van der Waals surface area contributed by atoms with Crippen LogP contribution in [0.15, 0.2) is 60.8 Å². The molecule has 126 valence electrons. The van der Waals surface area contributed by atoms with Gasteiger partial charge in [-0.25, -0.2) is 4.98 Å². The van der Waals surface area contributed by atoms with Gasteiger partial charge in [0.15, 0.2) is 11.5 Å². The van der Waals surface area contributed by atoms with E-state index in [1.54, 1.807) is 14.2 Å². The van der Waals surface area contributed by atoms with Crippen molar-refractivity contribution in [3.63, 3.8) is 0 Å². The van der Waals surface area contributed by atoms with E-state index in [4.69, 9.17) is 14.5 Å². The minimum atomic E-state index is 0.754. The Balaban J connectivity index is 1.67. The molecule has 25 heavy (non-hydrogen) atoms. The summed E-state index contributed by atoms with van der Waals surface area (Å²) >= 11 is 0. The first-order chi connectivity index (χ1) is 12.3. The maximum atomic E-state index is 5.40. The van der Waals surface area contributed by atoms with E-state index in [0.29, 0.717) is 0 Å². The molecule has 0 saturated carbocycles. The smallest absolute Gasteiger partial charge is 0.160 e. The molecule has 0 aliphatic carbocycles. The average molecular weight is 332 g/mol. The molecule has 4 nitrogen and oxygen atoms in total. The van der Waals surface area contributed by atoms with Gasteiger partial charge in [0.2, 0.25) is 0 Å². The molecule has 0 saturated heterocycles. The van der Waals surface area contributed by atoms with Gasteiger partial charge in [0.05, 0.1) is 36.5 Å². The van der Waals surface area contributed by atoms with Gasteiger partial charge in [-0.2, -0.15) is 0 Å². The monoisotopic (exact) mass is 332 g/mol. The first-order valence-electron chi connectivity index (χ1n) is 8.36. The van der Waals surface area contributed by atoms with Crippen LogP contribution in [0, 0.1) is 0 Å². The third kappa shape index (κ3) is 2.80. The highest BCUT2D eigenvalue weighted by Gasteiger charge is 2.09. The number of benzene rings is 2. The molecule has 2 aromatic carbocycles. The van der Waals surface area contributed by atoms with Crippen molar-refractivity contribution in [3.05, 3.63) is 72.1 Å². The lowest BCUT2D eigenvalue weighted by Crippen LogP contribution is -2.01. The SMILES string of the molecule is COc1ccc(CCc2nc3ccccc3n3cccc23)cc1OC. The standard InChI is InChI=1S/C21H20N2O2/c1-24-20-12-10-15(14-21(20)25-2)9-11-17-19-8-5-13-23(19)18-7-4-3-6-16(18)22-17/h3-8,10,12-14H,9,11H2,1-2H3. The maximum Gasteiger partial charge on any atom is 0.160 e. The summed E-state index contributed by atoms with van der Waals surface area (Å²) in [4.78, 5) is 4.89. The number of hydrogen-bond acceptors (Lipinski definition) is 3. The predicted molar refractivity (Wildman–Crippen MR) is 99.7 cm³/mol. The highest BCUT2D eigenvalue weighted by molar-refractivity contribution is 5.79. The van der Waals surface area contributed by atoms with Gasteiger partial charge in [0.1, 0.15) is 0 Å². The number of methoxy groups -OCH3 is 2. The first kappa shape index (κ1) is 15.5. The summed E-state index contributed by atoms with van der Waals surface area (Å²) in [5.41, 5.74) is 5.64. The fourth-order valence-corrected chi connectivity index (χ4v) is 3.27. The first-order valence-corrected chi connectivity index (χ1v) is 8.36. The summed E-state index contributed by atoms with van der Waals surface area (Å²) in [6, 6.07) is 18.5. The molecule has 4 rings (SSSR count). The molecule has 0 spiro atoms. The number of fused-ring (bicyclic) bond motifs is 3.